The van der Waals surface area contributed by atoms with Gasteiger partial charge < -0.3 is 4.90 Å². The van der Waals surface area contributed by atoms with Gasteiger partial charge in [0.05, 0.1) is 0 Å². The van der Waals surface area contributed by atoms with Crippen LogP contribution in [0.25, 0.3) is 0 Å². The fourth-order valence-corrected chi connectivity index (χ4v) is 1.07. The molecule has 0 bridgehead atoms. The minimum absolute atomic E-state index is 0.746. The van der Waals surface area contributed by atoms with E-state index in [0.29, 0.717) is 0 Å². The van der Waals surface area contributed by atoms with Crippen molar-refractivity contribution < 1.29 is 4.79 Å². The number of carbonyl (C=O) groups excluding carboxylic acids is 1. The average Bonchev–Trinajstić information content (AvgIpc) is 2.87. The smallest absolute Gasteiger partial charge is 0.150 e. The van der Waals surface area contributed by atoms with E-state index in [2.05, 4.69) is 4.90 Å². The Morgan fingerprint density at radius 1 is 1.18 bits per heavy atom. The van der Waals surface area contributed by atoms with E-state index in [4.69, 9.17) is 0 Å². The van der Waals surface area contributed by atoms with Crippen LogP contribution in [-0.4, -0.2) is 19.4 Å². The van der Waals surface area contributed by atoms with Gasteiger partial charge in [0.1, 0.15) is 6.29 Å². The molecule has 1 aromatic carbocycles. The van der Waals surface area contributed by atoms with Crippen LogP contribution in [0.15, 0.2) is 24.3 Å². The zero-order valence-corrected chi connectivity index (χ0v) is 6.16. The maximum Gasteiger partial charge on any atom is 0.150 e. The Balaban J connectivity index is 2.25. The molecule has 1 fully saturated rings. The van der Waals surface area contributed by atoms with Crippen LogP contribution in [0.4, 0.5) is 5.69 Å². The van der Waals surface area contributed by atoms with Gasteiger partial charge in [0.15, 0.2) is 0 Å². The lowest BCUT2D eigenvalue weighted by Gasteiger charge is -2.00. The highest BCUT2D eigenvalue weighted by atomic mass is 16.1. The summed E-state index contributed by atoms with van der Waals surface area (Å²) in [7, 11) is 0. The van der Waals surface area contributed by atoms with Crippen LogP contribution in [0.5, 0.6) is 0 Å². The Kier molecular flexibility index (Phi) is 1.39. The van der Waals surface area contributed by atoms with Crippen molar-refractivity contribution >= 4 is 12.0 Å². The van der Waals surface area contributed by atoms with Crippen molar-refractivity contribution in [2.75, 3.05) is 18.0 Å². The van der Waals surface area contributed by atoms with Gasteiger partial charge in [-0.2, -0.15) is 0 Å². The summed E-state index contributed by atoms with van der Waals surface area (Å²) in [6, 6.07) is 7.66. The van der Waals surface area contributed by atoms with Crippen LogP contribution >= 0.6 is 0 Å². The van der Waals surface area contributed by atoms with Gasteiger partial charge in [-0.05, 0) is 24.3 Å². The molecule has 11 heavy (non-hydrogen) atoms. The van der Waals surface area contributed by atoms with Crippen LogP contribution < -0.4 is 4.90 Å². The molecule has 1 aliphatic rings. The van der Waals surface area contributed by atoms with E-state index >= 15 is 0 Å². The molecule has 0 unspecified atom stereocenters. The summed E-state index contributed by atoms with van der Waals surface area (Å²) in [6.45, 7) is 2.31. The zero-order valence-electron chi connectivity index (χ0n) is 6.16. The monoisotopic (exact) mass is 147 g/mol. The SMILES string of the molecule is O=Cc1ccc(N2CC2)cc1. The summed E-state index contributed by atoms with van der Waals surface area (Å²) in [4.78, 5) is 12.5. The third kappa shape index (κ3) is 1.24. The minimum atomic E-state index is 0.746. The summed E-state index contributed by atoms with van der Waals surface area (Å²) in [5, 5.41) is 0. The van der Waals surface area contributed by atoms with Crippen molar-refractivity contribution in [3.8, 4) is 0 Å². The largest absolute Gasteiger partial charge is 0.368 e. The Bertz CT molecular complexity index is 261. The van der Waals surface area contributed by atoms with Gasteiger partial charge in [-0.15, -0.1) is 0 Å². The standard InChI is InChI=1S/C9H9NO/c11-7-8-1-3-9(4-2-8)10-5-6-10/h1-4,7H,5-6H2. The summed E-state index contributed by atoms with van der Waals surface area (Å²) in [5.74, 6) is 0. The highest BCUT2D eigenvalue weighted by molar-refractivity contribution is 5.75. The molecule has 0 saturated carbocycles. The maximum absolute atomic E-state index is 10.3. The number of aldehydes is 1. The number of hydrogen-bond donors (Lipinski definition) is 0. The van der Waals surface area contributed by atoms with Crippen LogP contribution in [-0.2, 0) is 0 Å². The minimum Gasteiger partial charge on any atom is -0.368 e. The molecule has 0 aromatic heterocycles. The lowest BCUT2D eigenvalue weighted by molar-refractivity contribution is 0.112. The number of rotatable bonds is 2. The van der Waals surface area contributed by atoms with Gasteiger partial charge >= 0.3 is 0 Å². The van der Waals surface area contributed by atoms with Crippen molar-refractivity contribution in [2.45, 2.75) is 0 Å². The van der Waals surface area contributed by atoms with Crippen molar-refractivity contribution in [1.29, 1.82) is 0 Å². The Morgan fingerprint density at radius 2 is 1.82 bits per heavy atom. The fraction of sp³-hybridized carbons (Fsp3) is 0.222. The molecule has 56 valence electrons. The Hall–Kier alpha value is -1.31. The lowest BCUT2D eigenvalue weighted by atomic mass is 10.2. The van der Waals surface area contributed by atoms with Crippen LogP contribution in [0.3, 0.4) is 0 Å². The van der Waals surface area contributed by atoms with Gasteiger partial charge in [0.2, 0.25) is 0 Å². The molecular weight excluding hydrogens is 138 g/mol. The predicted molar refractivity (Wildman–Crippen MR) is 44.0 cm³/mol. The average molecular weight is 147 g/mol. The van der Waals surface area contributed by atoms with E-state index in [1.54, 1.807) is 0 Å². The number of carbonyl (C=O) groups is 1. The first kappa shape index (κ1) is 6.40. The molecule has 1 heterocycles. The van der Waals surface area contributed by atoms with Gasteiger partial charge in [0.25, 0.3) is 0 Å². The molecule has 0 atom stereocenters. The lowest BCUT2D eigenvalue weighted by Crippen LogP contribution is -1.90. The highest BCUT2D eigenvalue weighted by Crippen LogP contribution is 2.20. The maximum atomic E-state index is 10.3. The number of anilines is 1. The molecule has 0 aliphatic carbocycles. The van der Waals surface area contributed by atoms with Gasteiger partial charge in [-0.25, -0.2) is 0 Å². The predicted octanol–water partition coefficient (Wildman–Crippen LogP) is 1.32. The number of nitrogens with zero attached hydrogens (tertiary/aromatic N) is 1. The third-order valence-electron chi connectivity index (χ3n) is 1.84. The molecule has 1 aliphatic heterocycles. The second-order valence-electron chi connectivity index (χ2n) is 2.70. The molecule has 1 aromatic rings. The molecule has 0 N–H and O–H groups in total. The van der Waals surface area contributed by atoms with Crippen LogP contribution in [0.2, 0.25) is 0 Å². The van der Waals surface area contributed by atoms with Crippen LogP contribution in [0.1, 0.15) is 10.4 Å². The zero-order chi connectivity index (χ0) is 7.68. The molecular formula is C9H9NO. The van der Waals surface area contributed by atoms with E-state index in [1.807, 2.05) is 24.3 Å². The van der Waals surface area contributed by atoms with Gasteiger partial charge in [-0.3, -0.25) is 4.79 Å². The second-order valence-corrected chi connectivity index (χ2v) is 2.70. The third-order valence-corrected chi connectivity index (χ3v) is 1.84. The quantitative estimate of drug-likeness (QED) is 0.464. The van der Waals surface area contributed by atoms with Crippen molar-refractivity contribution in [1.82, 2.24) is 0 Å². The molecule has 0 amide bonds. The van der Waals surface area contributed by atoms with Crippen molar-refractivity contribution in [3.05, 3.63) is 29.8 Å². The number of hydrogen-bond acceptors (Lipinski definition) is 2. The number of benzene rings is 1. The molecule has 0 spiro atoms. The van der Waals surface area contributed by atoms with E-state index in [-0.39, 0.29) is 0 Å². The molecule has 2 nitrogen and oxygen atoms in total. The Morgan fingerprint density at radius 3 is 2.27 bits per heavy atom. The van der Waals surface area contributed by atoms with E-state index in [9.17, 15) is 4.79 Å². The van der Waals surface area contributed by atoms with Crippen LogP contribution in [0, 0.1) is 0 Å². The molecule has 2 heteroatoms. The second kappa shape index (κ2) is 2.38. The van der Waals surface area contributed by atoms with E-state index in [1.165, 1.54) is 5.69 Å². The summed E-state index contributed by atoms with van der Waals surface area (Å²) in [6.07, 6.45) is 0.867. The first-order valence-electron chi connectivity index (χ1n) is 3.70. The van der Waals surface area contributed by atoms with Crippen molar-refractivity contribution in [2.24, 2.45) is 0 Å². The summed E-state index contributed by atoms with van der Waals surface area (Å²) >= 11 is 0. The topological polar surface area (TPSA) is 20.1 Å². The van der Waals surface area contributed by atoms with E-state index in [0.717, 1.165) is 24.9 Å². The first-order valence-corrected chi connectivity index (χ1v) is 3.70. The molecule has 0 radical (unpaired) electrons. The normalized spacial score (nSPS) is 14.7. The summed E-state index contributed by atoms with van der Waals surface area (Å²) in [5.41, 5.74) is 1.96. The highest BCUT2D eigenvalue weighted by Gasteiger charge is 2.16. The van der Waals surface area contributed by atoms with Gasteiger partial charge in [-0.1, -0.05) is 0 Å². The van der Waals surface area contributed by atoms with Crippen molar-refractivity contribution in [3.63, 3.8) is 0 Å². The fourth-order valence-electron chi connectivity index (χ4n) is 1.07. The van der Waals surface area contributed by atoms with E-state index < -0.39 is 0 Å². The first-order chi connectivity index (χ1) is 5.40. The molecule has 1 saturated heterocycles. The Labute approximate surface area is 65.4 Å². The summed E-state index contributed by atoms with van der Waals surface area (Å²) < 4.78 is 0. The van der Waals surface area contributed by atoms with Gasteiger partial charge in [0, 0.05) is 24.3 Å². The molecule has 2 rings (SSSR count).